The second kappa shape index (κ2) is 8.82. The number of para-hydroxylation sites is 2. The molecule has 2 bridgehead atoms. The number of hydrogen-bond acceptors (Lipinski definition) is 7. The molecule has 224 valence electrons. The van der Waals surface area contributed by atoms with Crippen molar-refractivity contribution in [3.63, 3.8) is 0 Å². The van der Waals surface area contributed by atoms with Crippen LogP contribution in [0.5, 0.6) is 0 Å². The Morgan fingerprint density at radius 2 is 1.52 bits per heavy atom. The van der Waals surface area contributed by atoms with E-state index in [2.05, 4.69) is 19.8 Å². The summed E-state index contributed by atoms with van der Waals surface area (Å²) in [4.78, 5) is 52.7. The van der Waals surface area contributed by atoms with E-state index in [9.17, 15) is 19.2 Å². The average Bonchev–Trinajstić information content (AvgIpc) is 3.65. The maximum atomic E-state index is 13.9. The molecule has 8 rings (SSSR count). The van der Waals surface area contributed by atoms with E-state index in [1.165, 1.54) is 0 Å². The van der Waals surface area contributed by atoms with Crippen LogP contribution in [0, 0.1) is 0 Å². The average molecular weight is 594 g/mol. The van der Waals surface area contributed by atoms with Gasteiger partial charge in [0.25, 0.3) is 11.8 Å². The van der Waals surface area contributed by atoms with Crippen molar-refractivity contribution in [1.29, 1.82) is 0 Å². The minimum Gasteiger partial charge on any atom is -0.462 e. The molecule has 3 atom stereocenters. The van der Waals surface area contributed by atoms with Gasteiger partial charge >= 0.3 is 12.1 Å². The molecule has 2 aliphatic heterocycles. The summed E-state index contributed by atoms with van der Waals surface area (Å²) in [5.74, 6) is -1.40. The summed E-state index contributed by atoms with van der Waals surface area (Å²) in [6.07, 6.45) is 0.253. The first-order valence-corrected chi connectivity index (χ1v) is 14.8. The number of nitrogens with zero attached hydrogens (tertiary/aromatic N) is 2. The molecule has 11 heteroatoms. The Hall–Kier alpha value is -4.90. The molecule has 3 aromatic carbocycles. The van der Waals surface area contributed by atoms with Gasteiger partial charge in [-0.25, -0.2) is 9.59 Å². The summed E-state index contributed by atoms with van der Waals surface area (Å²) in [6, 6.07) is 14.9. The minimum atomic E-state index is -1.40. The van der Waals surface area contributed by atoms with Crippen molar-refractivity contribution in [3.05, 3.63) is 59.7 Å². The van der Waals surface area contributed by atoms with E-state index in [1.807, 2.05) is 48.5 Å². The fraction of sp³-hybridized carbons (Fsp3) is 0.333. The molecule has 3 amide bonds. The van der Waals surface area contributed by atoms with Crippen LogP contribution in [0.3, 0.4) is 0 Å². The Morgan fingerprint density at radius 3 is 2.14 bits per heavy atom. The number of ether oxygens (including phenoxy) is 2. The molecule has 1 fully saturated rings. The van der Waals surface area contributed by atoms with Crippen LogP contribution in [0.25, 0.3) is 43.6 Å². The van der Waals surface area contributed by atoms with Crippen LogP contribution >= 0.6 is 0 Å². The highest BCUT2D eigenvalue weighted by Gasteiger charge is 2.55. The van der Waals surface area contributed by atoms with Gasteiger partial charge in [0, 0.05) is 38.6 Å². The number of nitrogens with two attached hydrogens (primary N) is 1. The number of esters is 1. The number of fused-ring (bicyclic) bond motifs is 13. The number of carbonyl (C=O) groups is 4. The number of amides is 3. The van der Waals surface area contributed by atoms with Gasteiger partial charge in [0.15, 0.2) is 0 Å². The van der Waals surface area contributed by atoms with E-state index in [0.29, 0.717) is 29.4 Å². The quantitative estimate of drug-likeness (QED) is 0.159. The molecule has 2 aromatic heterocycles. The maximum Gasteiger partial charge on any atom is 0.407 e. The topological polar surface area (TPSA) is 147 Å². The number of nitrogens with one attached hydrogen (secondary N) is 2. The smallest absolute Gasteiger partial charge is 0.407 e. The summed E-state index contributed by atoms with van der Waals surface area (Å²) in [7, 11) is 0. The lowest BCUT2D eigenvalue weighted by Gasteiger charge is -2.32. The Balaban J connectivity index is 1.31. The second-order valence-electron chi connectivity index (χ2n) is 13.0. The number of aromatic nitrogens is 2. The van der Waals surface area contributed by atoms with E-state index in [4.69, 9.17) is 15.2 Å². The molecule has 44 heavy (non-hydrogen) atoms. The van der Waals surface area contributed by atoms with E-state index < -0.39 is 41.1 Å². The van der Waals surface area contributed by atoms with Crippen LogP contribution in [0.15, 0.2) is 48.5 Å². The third-order valence-corrected chi connectivity index (χ3v) is 9.20. The third kappa shape index (κ3) is 3.47. The number of benzene rings is 3. The molecule has 1 saturated carbocycles. The van der Waals surface area contributed by atoms with Gasteiger partial charge in [0.2, 0.25) is 0 Å². The minimum absolute atomic E-state index is 0.0701. The number of imide groups is 1. The summed E-state index contributed by atoms with van der Waals surface area (Å²) in [5, 5.41) is 8.24. The lowest BCUT2D eigenvalue weighted by atomic mass is 9.92. The molecule has 11 nitrogen and oxygen atoms in total. The van der Waals surface area contributed by atoms with E-state index >= 15 is 0 Å². The largest absolute Gasteiger partial charge is 0.462 e. The molecule has 3 aliphatic rings. The highest BCUT2D eigenvalue weighted by Crippen LogP contribution is 2.56. The highest BCUT2D eigenvalue weighted by atomic mass is 16.6. The van der Waals surface area contributed by atoms with E-state index in [1.54, 1.807) is 20.8 Å². The second-order valence-corrected chi connectivity index (χ2v) is 13.0. The molecule has 5 aromatic rings. The normalized spacial score (nSPS) is 22.2. The molecule has 1 aliphatic carbocycles. The first kappa shape index (κ1) is 26.7. The standard InChI is InChI=1S/C33H31N5O6/c1-32(2,3)44-31(42)35-12-13-43-30(41)33(34)15-16-14-21(33)38-20-11-7-5-9-18(20)23-25-24(28(39)36-29(25)40)22-17-8-4-6-10-19(17)37(16)26(22)27(23)38/h4-11,16,21H,12-15,34H2,1-3H3,(H,35,42)(H,36,39,40)/t16-,21+,33-/m0/s1. The number of carbonyl (C=O) groups excluding carboxylic acids is 4. The van der Waals surface area contributed by atoms with Crippen molar-refractivity contribution in [2.75, 3.05) is 13.2 Å². The van der Waals surface area contributed by atoms with Crippen LogP contribution in [0.4, 0.5) is 4.79 Å². The van der Waals surface area contributed by atoms with Crippen LogP contribution in [0.2, 0.25) is 0 Å². The Morgan fingerprint density at radius 1 is 0.955 bits per heavy atom. The molecular formula is C33H31N5O6. The third-order valence-electron chi connectivity index (χ3n) is 9.20. The predicted octanol–water partition coefficient (Wildman–Crippen LogP) is 4.44. The number of rotatable bonds is 4. The Labute approximate surface area is 251 Å². The summed E-state index contributed by atoms with van der Waals surface area (Å²) in [5.41, 5.74) is 9.18. The molecule has 0 radical (unpaired) electrons. The Kier molecular flexibility index (Phi) is 5.35. The molecule has 0 unspecified atom stereocenters. The van der Waals surface area contributed by atoms with Crippen molar-refractivity contribution in [3.8, 4) is 0 Å². The zero-order chi connectivity index (χ0) is 30.7. The zero-order valence-electron chi connectivity index (χ0n) is 24.5. The highest BCUT2D eigenvalue weighted by molar-refractivity contribution is 6.39. The summed E-state index contributed by atoms with van der Waals surface area (Å²) < 4.78 is 15.3. The predicted molar refractivity (Wildman–Crippen MR) is 164 cm³/mol. The molecule has 0 spiro atoms. The lowest BCUT2D eigenvalue weighted by molar-refractivity contribution is -0.151. The van der Waals surface area contributed by atoms with E-state index in [0.717, 1.165) is 38.2 Å². The van der Waals surface area contributed by atoms with Crippen molar-refractivity contribution < 1.29 is 28.7 Å². The van der Waals surface area contributed by atoms with Crippen molar-refractivity contribution in [2.45, 2.75) is 56.8 Å². The van der Waals surface area contributed by atoms with Crippen LogP contribution in [-0.2, 0) is 14.3 Å². The molecule has 0 saturated heterocycles. The Bertz CT molecular complexity index is 2140. The maximum absolute atomic E-state index is 13.9. The van der Waals surface area contributed by atoms with Crippen LogP contribution in [0.1, 0.15) is 66.4 Å². The van der Waals surface area contributed by atoms with Gasteiger partial charge in [-0.3, -0.25) is 14.9 Å². The number of alkyl carbamates (subject to hydrolysis) is 1. The van der Waals surface area contributed by atoms with Crippen molar-refractivity contribution in [2.24, 2.45) is 5.73 Å². The SMILES string of the molecule is CC(C)(C)OC(=O)NCCOC(=O)[C@]1(N)C[C@@H]2C[C@H]1n1c3ccccc3c3c4c(c5c6ccccc6n2c5c31)C(=O)NC4=O. The fourth-order valence-electron chi connectivity index (χ4n) is 7.71. The van der Waals surface area contributed by atoms with Gasteiger partial charge in [0.05, 0.1) is 34.7 Å². The summed E-state index contributed by atoms with van der Waals surface area (Å²) >= 11 is 0. The van der Waals surface area contributed by atoms with Gasteiger partial charge in [-0.1, -0.05) is 36.4 Å². The first-order chi connectivity index (χ1) is 21.0. The molecule has 4 N–H and O–H groups in total. The monoisotopic (exact) mass is 593 g/mol. The van der Waals surface area contributed by atoms with Gasteiger partial charge < -0.3 is 29.7 Å². The fourth-order valence-corrected chi connectivity index (χ4v) is 7.71. The molecule has 4 heterocycles. The summed E-state index contributed by atoms with van der Waals surface area (Å²) in [6.45, 7) is 5.31. The zero-order valence-corrected chi connectivity index (χ0v) is 24.5. The van der Waals surface area contributed by atoms with Crippen LogP contribution in [-0.4, -0.2) is 57.3 Å². The molecular weight excluding hydrogens is 562 g/mol. The van der Waals surface area contributed by atoms with Crippen molar-refractivity contribution >= 4 is 67.5 Å². The van der Waals surface area contributed by atoms with Gasteiger partial charge in [-0.15, -0.1) is 0 Å². The van der Waals surface area contributed by atoms with Gasteiger partial charge in [-0.2, -0.15) is 0 Å². The van der Waals surface area contributed by atoms with Gasteiger partial charge in [0.1, 0.15) is 17.7 Å². The van der Waals surface area contributed by atoms with Crippen LogP contribution < -0.4 is 16.4 Å². The number of hydrogen-bond donors (Lipinski definition) is 3. The van der Waals surface area contributed by atoms with E-state index in [-0.39, 0.29) is 19.2 Å². The van der Waals surface area contributed by atoms with Crippen molar-refractivity contribution in [1.82, 2.24) is 19.8 Å². The van der Waals surface area contributed by atoms with Gasteiger partial charge in [-0.05, 0) is 45.7 Å². The lowest BCUT2D eigenvalue weighted by Crippen LogP contribution is -2.53. The first-order valence-electron chi connectivity index (χ1n) is 14.8.